The summed E-state index contributed by atoms with van der Waals surface area (Å²) in [5.74, 6) is -0.543. The highest BCUT2D eigenvalue weighted by atomic mass is 19.1. The van der Waals surface area contributed by atoms with Crippen molar-refractivity contribution in [1.82, 2.24) is 0 Å². The Morgan fingerprint density at radius 3 is 2.47 bits per heavy atom. The lowest BCUT2D eigenvalue weighted by Gasteiger charge is -2.14. The van der Waals surface area contributed by atoms with Crippen LogP contribution in [0.2, 0.25) is 0 Å². The van der Waals surface area contributed by atoms with Gasteiger partial charge in [-0.05, 0) is 48.4 Å². The van der Waals surface area contributed by atoms with Crippen molar-refractivity contribution in [3.63, 3.8) is 0 Å². The molecule has 0 fully saturated rings. The summed E-state index contributed by atoms with van der Waals surface area (Å²) in [5, 5.41) is 10.1. The van der Waals surface area contributed by atoms with Crippen molar-refractivity contribution in [2.75, 3.05) is 7.11 Å². The van der Waals surface area contributed by atoms with Crippen molar-refractivity contribution in [3.8, 4) is 5.75 Å². The summed E-state index contributed by atoms with van der Waals surface area (Å²) in [6, 6.07) is 8.02. The molecule has 0 bridgehead atoms. The normalized spacial score (nSPS) is 12.3. The quantitative estimate of drug-likeness (QED) is 0.921. The molecule has 0 saturated carbocycles. The average molecular weight is 264 g/mol. The van der Waals surface area contributed by atoms with E-state index in [9.17, 15) is 13.9 Å². The third-order valence-electron chi connectivity index (χ3n) is 2.99. The number of aryl methyl sites for hydroxylation is 1. The SMILES string of the molecule is COc1ccc(C(O)c2cc(F)ccc2F)cc1C. The Kier molecular flexibility index (Phi) is 3.81. The van der Waals surface area contributed by atoms with Crippen molar-refractivity contribution >= 4 is 0 Å². The third kappa shape index (κ3) is 2.74. The van der Waals surface area contributed by atoms with Crippen LogP contribution in [0.4, 0.5) is 8.78 Å². The minimum Gasteiger partial charge on any atom is -0.496 e. The predicted octanol–water partition coefficient (Wildman–Crippen LogP) is 3.36. The lowest BCUT2D eigenvalue weighted by atomic mass is 9.99. The minimum atomic E-state index is -1.21. The van der Waals surface area contributed by atoms with Crippen LogP contribution in [0.3, 0.4) is 0 Å². The van der Waals surface area contributed by atoms with E-state index >= 15 is 0 Å². The molecule has 100 valence electrons. The van der Waals surface area contributed by atoms with E-state index < -0.39 is 17.7 Å². The average Bonchev–Trinajstić information content (AvgIpc) is 2.40. The zero-order valence-corrected chi connectivity index (χ0v) is 10.7. The lowest BCUT2D eigenvalue weighted by Crippen LogP contribution is -2.04. The Labute approximate surface area is 110 Å². The van der Waals surface area contributed by atoms with Crippen LogP contribution in [0.1, 0.15) is 22.8 Å². The molecule has 2 rings (SSSR count). The van der Waals surface area contributed by atoms with Crippen LogP contribution in [0.5, 0.6) is 5.75 Å². The maximum atomic E-state index is 13.6. The standard InChI is InChI=1S/C15H14F2O2/c1-9-7-10(3-6-14(9)19-2)15(18)12-8-11(16)4-5-13(12)17/h3-8,15,18H,1-2H3. The van der Waals surface area contributed by atoms with E-state index in [0.717, 1.165) is 23.8 Å². The van der Waals surface area contributed by atoms with Crippen LogP contribution >= 0.6 is 0 Å². The van der Waals surface area contributed by atoms with E-state index in [0.29, 0.717) is 11.3 Å². The molecule has 0 radical (unpaired) electrons. The summed E-state index contributed by atoms with van der Waals surface area (Å²) in [7, 11) is 1.55. The topological polar surface area (TPSA) is 29.5 Å². The Balaban J connectivity index is 2.41. The first kappa shape index (κ1) is 13.5. The number of rotatable bonds is 3. The van der Waals surface area contributed by atoms with Crippen LogP contribution < -0.4 is 4.74 Å². The summed E-state index contributed by atoms with van der Waals surface area (Å²) in [5.41, 5.74) is 1.23. The smallest absolute Gasteiger partial charge is 0.129 e. The van der Waals surface area contributed by atoms with E-state index in [1.165, 1.54) is 0 Å². The Morgan fingerprint density at radius 1 is 1.11 bits per heavy atom. The molecule has 0 saturated heterocycles. The van der Waals surface area contributed by atoms with Gasteiger partial charge in [0.1, 0.15) is 23.5 Å². The highest BCUT2D eigenvalue weighted by Gasteiger charge is 2.16. The van der Waals surface area contributed by atoms with E-state index in [1.54, 1.807) is 25.3 Å². The van der Waals surface area contributed by atoms with Crippen molar-refractivity contribution < 1.29 is 18.6 Å². The molecule has 0 spiro atoms. The molecule has 0 aromatic heterocycles. The number of halogens is 2. The number of hydrogen-bond donors (Lipinski definition) is 1. The van der Waals surface area contributed by atoms with Crippen LogP contribution in [0, 0.1) is 18.6 Å². The fraction of sp³-hybridized carbons (Fsp3) is 0.200. The maximum Gasteiger partial charge on any atom is 0.129 e. The van der Waals surface area contributed by atoms with Gasteiger partial charge >= 0.3 is 0 Å². The number of hydrogen-bond acceptors (Lipinski definition) is 2. The Morgan fingerprint density at radius 2 is 1.84 bits per heavy atom. The van der Waals surface area contributed by atoms with Crippen LogP contribution in [-0.4, -0.2) is 12.2 Å². The zero-order valence-electron chi connectivity index (χ0n) is 10.7. The molecule has 0 aliphatic carbocycles. The van der Waals surface area contributed by atoms with Crippen molar-refractivity contribution in [3.05, 3.63) is 64.7 Å². The summed E-state index contributed by atoms with van der Waals surface area (Å²) in [6.07, 6.45) is -1.21. The minimum absolute atomic E-state index is 0.0791. The lowest BCUT2D eigenvalue weighted by molar-refractivity contribution is 0.214. The summed E-state index contributed by atoms with van der Waals surface area (Å²) < 4.78 is 31.8. The Hall–Kier alpha value is -1.94. The third-order valence-corrected chi connectivity index (χ3v) is 2.99. The van der Waals surface area contributed by atoms with Gasteiger partial charge in [-0.25, -0.2) is 8.78 Å². The van der Waals surface area contributed by atoms with Gasteiger partial charge in [0, 0.05) is 5.56 Å². The summed E-state index contributed by atoms with van der Waals surface area (Å²) in [6.45, 7) is 1.82. The van der Waals surface area contributed by atoms with Crippen molar-refractivity contribution in [2.24, 2.45) is 0 Å². The molecule has 0 aliphatic rings. The summed E-state index contributed by atoms with van der Waals surface area (Å²) in [4.78, 5) is 0. The second kappa shape index (κ2) is 5.36. The number of benzene rings is 2. The number of aliphatic hydroxyl groups is 1. The molecule has 0 amide bonds. The number of methoxy groups -OCH3 is 1. The highest BCUT2D eigenvalue weighted by molar-refractivity contribution is 5.40. The maximum absolute atomic E-state index is 13.6. The van der Waals surface area contributed by atoms with Gasteiger partial charge < -0.3 is 9.84 Å². The van der Waals surface area contributed by atoms with Crippen LogP contribution in [-0.2, 0) is 0 Å². The second-order valence-corrected chi connectivity index (χ2v) is 4.30. The van der Waals surface area contributed by atoms with Gasteiger partial charge in [0.2, 0.25) is 0 Å². The first-order valence-corrected chi connectivity index (χ1v) is 5.80. The largest absolute Gasteiger partial charge is 0.496 e. The molecule has 1 N–H and O–H groups in total. The molecule has 1 unspecified atom stereocenters. The molecule has 0 heterocycles. The molecular weight excluding hydrogens is 250 g/mol. The fourth-order valence-electron chi connectivity index (χ4n) is 1.98. The van der Waals surface area contributed by atoms with Gasteiger partial charge in [-0.15, -0.1) is 0 Å². The van der Waals surface area contributed by atoms with Gasteiger partial charge in [-0.1, -0.05) is 6.07 Å². The van der Waals surface area contributed by atoms with Crippen molar-refractivity contribution in [2.45, 2.75) is 13.0 Å². The summed E-state index contributed by atoms with van der Waals surface area (Å²) >= 11 is 0. The molecule has 2 aromatic rings. The molecule has 4 heteroatoms. The van der Waals surface area contributed by atoms with E-state index in [4.69, 9.17) is 4.74 Å². The molecule has 0 aliphatic heterocycles. The van der Waals surface area contributed by atoms with Crippen LogP contribution in [0.25, 0.3) is 0 Å². The van der Waals surface area contributed by atoms with Gasteiger partial charge in [-0.2, -0.15) is 0 Å². The first-order chi connectivity index (χ1) is 9.02. The highest BCUT2D eigenvalue weighted by Crippen LogP contribution is 2.28. The predicted molar refractivity (Wildman–Crippen MR) is 68.2 cm³/mol. The molecule has 2 nitrogen and oxygen atoms in total. The van der Waals surface area contributed by atoms with Gasteiger partial charge in [0.15, 0.2) is 0 Å². The molecule has 19 heavy (non-hydrogen) atoms. The van der Waals surface area contributed by atoms with Crippen molar-refractivity contribution in [1.29, 1.82) is 0 Å². The molecular formula is C15H14F2O2. The first-order valence-electron chi connectivity index (χ1n) is 5.80. The zero-order chi connectivity index (χ0) is 14.0. The van der Waals surface area contributed by atoms with E-state index in [-0.39, 0.29) is 5.56 Å². The van der Waals surface area contributed by atoms with Crippen LogP contribution in [0.15, 0.2) is 36.4 Å². The Bertz CT molecular complexity index is 597. The number of ether oxygens (including phenoxy) is 1. The fourth-order valence-corrected chi connectivity index (χ4v) is 1.98. The molecule has 2 aromatic carbocycles. The van der Waals surface area contributed by atoms with Gasteiger partial charge in [0.05, 0.1) is 7.11 Å². The second-order valence-electron chi connectivity index (χ2n) is 4.30. The monoisotopic (exact) mass is 264 g/mol. The van der Waals surface area contributed by atoms with E-state index in [2.05, 4.69) is 0 Å². The molecule has 1 atom stereocenters. The van der Waals surface area contributed by atoms with Gasteiger partial charge in [0.25, 0.3) is 0 Å². The van der Waals surface area contributed by atoms with Gasteiger partial charge in [-0.3, -0.25) is 0 Å². The number of aliphatic hydroxyl groups excluding tert-OH is 1. The van der Waals surface area contributed by atoms with E-state index in [1.807, 2.05) is 6.92 Å².